The third-order valence-electron chi connectivity index (χ3n) is 9.02. The normalized spacial score (nSPS) is 12.1. The SMILES string of the molecule is CCCCCCCc1cccc(Oc2cc(N)c3c(c2N)C(=O)c2c(N)cc(Oc4cccc(CCCCCCC)c4)c(N)c2C3=O)c1. The van der Waals surface area contributed by atoms with Gasteiger partial charge in [0, 0.05) is 23.5 Å². The van der Waals surface area contributed by atoms with E-state index in [9.17, 15) is 9.59 Å². The van der Waals surface area contributed by atoms with Crippen LogP contribution in [0.3, 0.4) is 0 Å². The number of aryl methyl sites for hydroxylation is 2. The molecule has 1 aliphatic carbocycles. The van der Waals surface area contributed by atoms with E-state index >= 15 is 0 Å². The molecule has 0 aromatic heterocycles. The number of hydrogen-bond donors (Lipinski definition) is 4. The zero-order chi connectivity index (χ0) is 34.2. The van der Waals surface area contributed by atoms with E-state index in [1.165, 1.54) is 63.5 Å². The standard InChI is InChI=1S/C40H48N4O4/c1-3-5-7-9-11-15-25-17-13-19-27(21-25)47-31-23-29(41)33-35(37(31)43)39(45)34-30(42)24-32(38(44)36(34)40(33)46)48-28-20-14-18-26(22-28)16-12-10-8-6-4-2/h13-14,17-24H,3-12,15-16,41-44H2,1-2H3. The summed E-state index contributed by atoms with van der Waals surface area (Å²) in [6.07, 6.45) is 13.8. The molecule has 0 unspecified atom stereocenters. The van der Waals surface area contributed by atoms with Gasteiger partial charge in [-0.15, -0.1) is 0 Å². The number of benzene rings is 4. The molecule has 1 aliphatic rings. The summed E-state index contributed by atoms with van der Waals surface area (Å²) in [5, 5.41) is 0. The van der Waals surface area contributed by atoms with E-state index in [1.54, 1.807) is 0 Å². The maximum absolute atomic E-state index is 14.0. The maximum atomic E-state index is 14.0. The largest absolute Gasteiger partial charge is 0.455 e. The quantitative estimate of drug-likeness (QED) is 0.0609. The van der Waals surface area contributed by atoms with Crippen LogP contribution in [0.25, 0.3) is 0 Å². The first kappa shape index (κ1) is 34.4. The Labute approximate surface area is 283 Å². The zero-order valence-corrected chi connectivity index (χ0v) is 28.2. The zero-order valence-electron chi connectivity index (χ0n) is 28.2. The lowest BCUT2D eigenvalue weighted by atomic mass is 9.80. The van der Waals surface area contributed by atoms with Crippen molar-refractivity contribution >= 4 is 34.3 Å². The van der Waals surface area contributed by atoms with E-state index in [1.807, 2.05) is 36.4 Å². The van der Waals surface area contributed by atoms with Gasteiger partial charge in [0.15, 0.2) is 23.1 Å². The molecule has 5 rings (SSSR count). The highest BCUT2D eigenvalue weighted by Crippen LogP contribution is 2.46. The summed E-state index contributed by atoms with van der Waals surface area (Å²) in [6.45, 7) is 4.41. The van der Waals surface area contributed by atoms with Gasteiger partial charge in [-0.25, -0.2) is 0 Å². The molecule has 252 valence electrons. The number of ketones is 2. The van der Waals surface area contributed by atoms with E-state index < -0.39 is 11.6 Å². The molecule has 0 fully saturated rings. The van der Waals surface area contributed by atoms with Crippen LogP contribution in [0.1, 0.15) is 121 Å². The van der Waals surface area contributed by atoms with Crippen LogP contribution in [0.15, 0.2) is 60.7 Å². The third-order valence-corrected chi connectivity index (χ3v) is 9.02. The molecule has 8 N–H and O–H groups in total. The summed E-state index contributed by atoms with van der Waals surface area (Å²) in [5.41, 5.74) is 28.2. The van der Waals surface area contributed by atoms with Crippen molar-refractivity contribution in [1.82, 2.24) is 0 Å². The number of unbranched alkanes of at least 4 members (excludes halogenated alkanes) is 8. The van der Waals surface area contributed by atoms with Crippen molar-refractivity contribution in [2.75, 3.05) is 22.9 Å². The average Bonchev–Trinajstić information content (AvgIpc) is 3.07. The van der Waals surface area contributed by atoms with Gasteiger partial charge >= 0.3 is 0 Å². The molecular weight excluding hydrogens is 600 g/mol. The highest BCUT2D eigenvalue weighted by atomic mass is 16.5. The lowest BCUT2D eigenvalue weighted by Gasteiger charge is -2.25. The molecule has 4 aromatic carbocycles. The van der Waals surface area contributed by atoms with Crippen LogP contribution >= 0.6 is 0 Å². The van der Waals surface area contributed by atoms with E-state index in [-0.39, 0.29) is 56.5 Å². The Morgan fingerprint density at radius 1 is 0.500 bits per heavy atom. The number of ether oxygens (including phenoxy) is 2. The fourth-order valence-electron chi connectivity index (χ4n) is 6.41. The molecule has 0 saturated carbocycles. The Balaban J connectivity index is 1.39. The number of rotatable bonds is 16. The molecule has 0 saturated heterocycles. The van der Waals surface area contributed by atoms with Gasteiger partial charge in [-0.3, -0.25) is 9.59 Å². The van der Waals surface area contributed by atoms with Crippen LogP contribution in [-0.4, -0.2) is 11.6 Å². The lowest BCUT2D eigenvalue weighted by Crippen LogP contribution is -2.26. The Hall–Kier alpha value is -4.98. The van der Waals surface area contributed by atoms with Crippen LogP contribution in [-0.2, 0) is 12.8 Å². The van der Waals surface area contributed by atoms with Gasteiger partial charge in [0.2, 0.25) is 0 Å². The van der Waals surface area contributed by atoms with E-state index in [4.69, 9.17) is 32.4 Å². The van der Waals surface area contributed by atoms with Crippen molar-refractivity contribution in [2.24, 2.45) is 0 Å². The summed E-state index contributed by atoms with van der Waals surface area (Å²) < 4.78 is 12.3. The molecule has 48 heavy (non-hydrogen) atoms. The van der Waals surface area contributed by atoms with Crippen LogP contribution in [0.2, 0.25) is 0 Å². The first-order chi connectivity index (χ1) is 23.2. The molecule has 4 aromatic rings. The first-order valence-electron chi connectivity index (χ1n) is 17.3. The minimum atomic E-state index is -0.545. The molecule has 0 radical (unpaired) electrons. The molecule has 0 bridgehead atoms. The topological polar surface area (TPSA) is 157 Å². The number of carbonyl (C=O) groups excluding carboxylic acids is 2. The molecule has 0 aliphatic heterocycles. The summed E-state index contributed by atoms with van der Waals surface area (Å²) in [6, 6.07) is 18.5. The van der Waals surface area contributed by atoms with Crippen LogP contribution in [0, 0.1) is 0 Å². The van der Waals surface area contributed by atoms with Gasteiger partial charge in [0.1, 0.15) is 11.5 Å². The van der Waals surface area contributed by atoms with Crippen molar-refractivity contribution in [3.8, 4) is 23.0 Å². The van der Waals surface area contributed by atoms with Crippen molar-refractivity contribution in [3.05, 3.63) is 94.0 Å². The highest BCUT2D eigenvalue weighted by molar-refractivity contribution is 6.35. The Morgan fingerprint density at radius 2 is 0.896 bits per heavy atom. The minimum absolute atomic E-state index is 0.0120. The second-order valence-corrected chi connectivity index (χ2v) is 12.7. The molecule has 8 nitrogen and oxygen atoms in total. The van der Waals surface area contributed by atoms with Gasteiger partial charge in [-0.1, -0.05) is 89.5 Å². The van der Waals surface area contributed by atoms with Gasteiger partial charge < -0.3 is 32.4 Å². The van der Waals surface area contributed by atoms with Crippen LogP contribution < -0.4 is 32.4 Å². The number of nitrogens with two attached hydrogens (primary N) is 4. The van der Waals surface area contributed by atoms with E-state index in [0.29, 0.717) is 11.5 Å². The Kier molecular flexibility index (Phi) is 11.3. The second kappa shape index (κ2) is 15.7. The Bertz CT molecular complexity index is 1670. The van der Waals surface area contributed by atoms with Gasteiger partial charge in [0.05, 0.1) is 33.6 Å². The predicted molar refractivity (Wildman–Crippen MR) is 195 cm³/mol. The fraction of sp³-hybridized carbons (Fsp3) is 0.350. The molecular formula is C40H48N4O4. The smallest absolute Gasteiger partial charge is 0.198 e. The molecule has 0 atom stereocenters. The highest BCUT2D eigenvalue weighted by Gasteiger charge is 2.38. The number of fused-ring (bicyclic) bond motifs is 2. The molecule has 8 heteroatoms. The summed E-state index contributed by atoms with van der Waals surface area (Å²) in [7, 11) is 0. The molecule has 0 heterocycles. The number of hydrogen-bond acceptors (Lipinski definition) is 8. The fourth-order valence-corrected chi connectivity index (χ4v) is 6.41. The number of anilines is 4. The Morgan fingerprint density at radius 3 is 1.29 bits per heavy atom. The van der Waals surface area contributed by atoms with Crippen LogP contribution in [0.4, 0.5) is 22.7 Å². The van der Waals surface area contributed by atoms with Crippen molar-refractivity contribution < 1.29 is 19.1 Å². The van der Waals surface area contributed by atoms with Gasteiger partial charge in [0.25, 0.3) is 0 Å². The second-order valence-electron chi connectivity index (χ2n) is 12.7. The predicted octanol–water partition coefficient (Wildman–Crippen LogP) is 9.40. The lowest BCUT2D eigenvalue weighted by molar-refractivity contribution is 0.0981. The van der Waals surface area contributed by atoms with E-state index in [0.717, 1.165) is 36.8 Å². The summed E-state index contributed by atoms with van der Waals surface area (Å²) in [5.74, 6) is 0.411. The monoisotopic (exact) mass is 648 g/mol. The molecule has 0 amide bonds. The maximum Gasteiger partial charge on any atom is 0.198 e. The number of carbonyl (C=O) groups is 2. The number of nitrogen functional groups attached to an aromatic ring is 4. The average molecular weight is 649 g/mol. The van der Waals surface area contributed by atoms with Crippen molar-refractivity contribution in [2.45, 2.75) is 90.9 Å². The van der Waals surface area contributed by atoms with Crippen molar-refractivity contribution in [1.29, 1.82) is 0 Å². The van der Waals surface area contributed by atoms with Crippen LogP contribution in [0.5, 0.6) is 23.0 Å². The van der Waals surface area contributed by atoms with Crippen molar-refractivity contribution in [3.63, 3.8) is 0 Å². The van der Waals surface area contributed by atoms with Gasteiger partial charge in [-0.2, -0.15) is 0 Å². The van der Waals surface area contributed by atoms with Gasteiger partial charge in [-0.05, 0) is 61.1 Å². The third kappa shape index (κ3) is 7.59. The summed E-state index contributed by atoms with van der Waals surface area (Å²) in [4.78, 5) is 28.0. The summed E-state index contributed by atoms with van der Waals surface area (Å²) >= 11 is 0. The first-order valence-corrected chi connectivity index (χ1v) is 17.3. The minimum Gasteiger partial charge on any atom is -0.455 e. The van der Waals surface area contributed by atoms with E-state index in [2.05, 4.69) is 26.0 Å². The molecule has 0 spiro atoms.